The van der Waals surface area contributed by atoms with Gasteiger partial charge in [-0.05, 0) is 37.8 Å². The molecule has 4 rings (SSSR count). The minimum absolute atomic E-state index is 0.163. The maximum atomic E-state index is 14.3. The summed E-state index contributed by atoms with van der Waals surface area (Å²) in [6, 6.07) is 5.44. The van der Waals surface area contributed by atoms with Gasteiger partial charge in [0.1, 0.15) is 0 Å². The predicted octanol–water partition coefficient (Wildman–Crippen LogP) is 4.08. The largest absolute Gasteiger partial charge is 0.494 e. The van der Waals surface area contributed by atoms with E-state index in [1.165, 1.54) is 38.9 Å². The van der Waals surface area contributed by atoms with E-state index in [-0.39, 0.29) is 11.7 Å². The fourth-order valence-electron chi connectivity index (χ4n) is 4.74. The van der Waals surface area contributed by atoms with E-state index in [1.54, 1.807) is 24.1 Å². The van der Waals surface area contributed by atoms with Gasteiger partial charge in [-0.3, -0.25) is 0 Å². The Morgan fingerprint density at radius 2 is 1.62 bits per heavy atom. The number of benzene rings is 1. The molecule has 0 radical (unpaired) electrons. The zero-order valence-electron chi connectivity index (χ0n) is 19.0. The summed E-state index contributed by atoms with van der Waals surface area (Å²) in [6.45, 7) is 1.48. The quantitative estimate of drug-likeness (QED) is 0.667. The Bertz CT molecular complexity index is 900. The second-order valence-corrected chi connectivity index (χ2v) is 8.57. The predicted molar refractivity (Wildman–Crippen MR) is 123 cm³/mol. The first-order valence-electron chi connectivity index (χ1n) is 11.5. The number of ether oxygens (including phenoxy) is 2. The number of nitrogens with zero attached hydrogens (tertiary/aromatic N) is 5. The summed E-state index contributed by atoms with van der Waals surface area (Å²) in [5, 5.41) is 0. The Balaban J connectivity index is 1.68. The highest BCUT2D eigenvalue weighted by molar-refractivity contribution is 5.59. The number of nitrogen functional groups attached to an aromatic ring is 1. The van der Waals surface area contributed by atoms with Crippen molar-refractivity contribution in [2.45, 2.75) is 63.5 Å². The Kier molecular flexibility index (Phi) is 7.24. The monoisotopic (exact) mass is 444 g/mol. The van der Waals surface area contributed by atoms with E-state index in [2.05, 4.69) is 14.9 Å². The SMILES string of the molecule is COc1ccc(N(C)c2nc(N)nc(N(C3CCCCCC3)C3CCOCC3)n2)cc1F. The maximum absolute atomic E-state index is 14.3. The van der Waals surface area contributed by atoms with Gasteiger partial charge in [-0.2, -0.15) is 15.0 Å². The summed E-state index contributed by atoms with van der Waals surface area (Å²) in [4.78, 5) is 17.8. The minimum atomic E-state index is -0.443. The van der Waals surface area contributed by atoms with E-state index in [0.29, 0.717) is 29.7 Å². The van der Waals surface area contributed by atoms with Gasteiger partial charge in [0.15, 0.2) is 11.6 Å². The second kappa shape index (κ2) is 10.3. The van der Waals surface area contributed by atoms with Crippen LogP contribution in [0, 0.1) is 5.82 Å². The normalized spacial score (nSPS) is 18.2. The molecule has 0 bridgehead atoms. The standard InChI is InChI=1S/C23H33FN6O2/c1-29(18-9-10-20(31-2)19(24)15-18)22-26-21(25)27-23(28-22)30(17-11-13-32-14-12-17)16-7-5-3-4-6-8-16/h9-10,15-17H,3-8,11-14H2,1-2H3,(H2,25,26,27,28). The molecule has 2 N–H and O–H groups in total. The molecule has 2 aromatic rings. The Morgan fingerprint density at radius 3 is 2.28 bits per heavy atom. The highest BCUT2D eigenvalue weighted by Crippen LogP contribution is 2.32. The molecular formula is C23H33FN6O2. The van der Waals surface area contributed by atoms with Crippen molar-refractivity contribution in [2.75, 3.05) is 42.9 Å². The number of nitrogens with two attached hydrogens (primary N) is 1. The molecule has 2 heterocycles. The third kappa shape index (κ3) is 5.03. The summed E-state index contributed by atoms with van der Waals surface area (Å²) in [7, 11) is 3.24. The lowest BCUT2D eigenvalue weighted by molar-refractivity contribution is 0.0818. The molecule has 32 heavy (non-hydrogen) atoms. The maximum Gasteiger partial charge on any atom is 0.236 e. The van der Waals surface area contributed by atoms with Crippen molar-refractivity contribution in [3.05, 3.63) is 24.0 Å². The summed E-state index contributed by atoms with van der Waals surface area (Å²) < 4.78 is 24.9. The van der Waals surface area contributed by atoms with Gasteiger partial charge in [0, 0.05) is 44.1 Å². The van der Waals surface area contributed by atoms with Crippen LogP contribution in [0.5, 0.6) is 5.75 Å². The van der Waals surface area contributed by atoms with Crippen molar-refractivity contribution in [1.82, 2.24) is 15.0 Å². The molecule has 0 spiro atoms. The average molecular weight is 445 g/mol. The molecule has 1 aromatic carbocycles. The number of aromatic nitrogens is 3. The Hall–Kier alpha value is -2.68. The van der Waals surface area contributed by atoms with Crippen LogP contribution >= 0.6 is 0 Å². The molecule has 2 aliphatic rings. The van der Waals surface area contributed by atoms with Crippen molar-refractivity contribution >= 4 is 23.5 Å². The molecule has 1 aliphatic carbocycles. The first-order chi connectivity index (χ1) is 15.6. The Labute approximate surface area is 188 Å². The molecule has 2 fully saturated rings. The van der Waals surface area contributed by atoms with Crippen LogP contribution in [0.1, 0.15) is 51.4 Å². The van der Waals surface area contributed by atoms with Crippen LogP contribution < -0.4 is 20.3 Å². The molecule has 1 saturated heterocycles. The summed E-state index contributed by atoms with van der Waals surface area (Å²) in [5.74, 6) is 0.907. The molecule has 1 aromatic heterocycles. The molecule has 0 unspecified atom stereocenters. The van der Waals surface area contributed by atoms with Gasteiger partial charge in [-0.25, -0.2) is 4.39 Å². The van der Waals surface area contributed by atoms with Gasteiger partial charge in [0.05, 0.1) is 7.11 Å². The summed E-state index contributed by atoms with van der Waals surface area (Å²) >= 11 is 0. The van der Waals surface area contributed by atoms with Crippen LogP contribution in [0.15, 0.2) is 18.2 Å². The van der Waals surface area contributed by atoms with Crippen LogP contribution in [0.3, 0.4) is 0 Å². The van der Waals surface area contributed by atoms with E-state index in [9.17, 15) is 4.39 Å². The highest BCUT2D eigenvalue weighted by Gasteiger charge is 2.31. The molecule has 174 valence electrons. The molecule has 0 atom stereocenters. The number of halogens is 1. The van der Waals surface area contributed by atoms with Crippen LogP contribution in [0.25, 0.3) is 0 Å². The zero-order chi connectivity index (χ0) is 22.5. The number of anilines is 4. The first kappa shape index (κ1) is 22.5. The summed E-state index contributed by atoms with van der Waals surface area (Å²) in [6.07, 6.45) is 9.10. The number of methoxy groups -OCH3 is 1. The smallest absolute Gasteiger partial charge is 0.236 e. The molecule has 1 aliphatic heterocycles. The van der Waals surface area contributed by atoms with Gasteiger partial charge < -0.3 is 25.0 Å². The Morgan fingerprint density at radius 1 is 0.969 bits per heavy atom. The molecular weight excluding hydrogens is 411 g/mol. The number of hydrogen-bond acceptors (Lipinski definition) is 8. The van der Waals surface area contributed by atoms with Gasteiger partial charge >= 0.3 is 0 Å². The average Bonchev–Trinajstić information content (AvgIpc) is 3.08. The van der Waals surface area contributed by atoms with Crippen molar-refractivity contribution < 1.29 is 13.9 Å². The molecule has 8 nitrogen and oxygen atoms in total. The first-order valence-corrected chi connectivity index (χ1v) is 11.5. The fourth-order valence-corrected chi connectivity index (χ4v) is 4.74. The number of rotatable bonds is 6. The van der Waals surface area contributed by atoms with Crippen molar-refractivity contribution in [2.24, 2.45) is 0 Å². The van der Waals surface area contributed by atoms with Gasteiger partial charge in [0.2, 0.25) is 17.8 Å². The lowest BCUT2D eigenvalue weighted by Gasteiger charge is -2.40. The van der Waals surface area contributed by atoms with Gasteiger partial charge in [-0.1, -0.05) is 25.7 Å². The third-order valence-electron chi connectivity index (χ3n) is 6.49. The molecule has 0 amide bonds. The van der Waals surface area contributed by atoms with Crippen LogP contribution in [-0.4, -0.2) is 54.4 Å². The molecule has 1 saturated carbocycles. The topological polar surface area (TPSA) is 89.6 Å². The van der Waals surface area contributed by atoms with Gasteiger partial charge in [0.25, 0.3) is 0 Å². The van der Waals surface area contributed by atoms with Crippen molar-refractivity contribution in [3.8, 4) is 5.75 Å². The lowest BCUT2D eigenvalue weighted by Crippen LogP contribution is -2.47. The van der Waals surface area contributed by atoms with E-state index < -0.39 is 5.82 Å². The summed E-state index contributed by atoms with van der Waals surface area (Å²) in [5.41, 5.74) is 6.75. The van der Waals surface area contributed by atoms with E-state index in [0.717, 1.165) is 38.9 Å². The van der Waals surface area contributed by atoms with Gasteiger partial charge in [-0.15, -0.1) is 0 Å². The second-order valence-electron chi connectivity index (χ2n) is 8.57. The molecule has 9 heteroatoms. The van der Waals surface area contributed by atoms with E-state index >= 15 is 0 Å². The van der Waals surface area contributed by atoms with E-state index in [1.807, 2.05) is 0 Å². The van der Waals surface area contributed by atoms with Crippen molar-refractivity contribution in [1.29, 1.82) is 0 Å². The zero-order valence-corrected chi connectivity index (χ0v) is 19.0. The highest BCUT2D eigenvalue weighted by atomic mass is 19.1. The van der Waals surface area contributed by atoms with Crippen LogP contribution in [0.2, 0.25) is 0 Å². The minimum Gasteiger partial charge on any atom is -0.494 e. The number of hydrogen-bond donors (Lipinski definition) is 1. The third-order valence-corrected chi connectivity index (χ3v) is 6.49. The van der Waals surface area contributed by atoms with Crippen molar-refractivity contribution in [3.63, 3.8) is 0 Å². The van der Waals surface area contributed by atoms with Crippen LogP contribution in [-0.2, 0) is 4.74 Å². The van der Waals surface area contributed by atoms with Crippen LogP contribution in [0.4, 0.5) is 27.9 Å². The van der Waals surface area contributed by atoms with E-state index in [4.69, 9.17) is 20.2 Å². The fraction of sp³-hybridized carbons (Fsp3) is 0.609. The lowest BCUT2D eigenvalue weighted by atomic mass is 10.0.